The fourth-order valence-electron chi connectivity index (χ4n) is 3.02. The Labute approximate surface area is 192 Å². The number of aromatic carboxylic acids is 1. The van der Waals surface area contributed by atoms with E-state index in [1.807, 2.05) is 12.1 Å². The van der Waals surface area contributed by atoms with Crippen LogP contribution in [0.25, 0.3) is 0 Å². The van der Waals surface area contributed by atoms with E-state index in [0.29, 0.717) is 11.5 Å². The van der Waals surface area contributed by atoms with Crippen LogP contribution in [0.5, 0.6) is 23.0 Å². The van der Waals surface area contributed by atoms with Crippen molar-refractivity contribution in [2.75, 3.05) is 14.2 Å². The number of carbonyl (C=O) groups is 2. The van der Waals surface area contributed by atoms with Crippen molar-refractivity contribution in [2.45, 2.75) is 13.2 Å². The Morgan fingerprint density at radius 3 is 1.76 bits per heavy atom. The maximum Gasteiger partial charge on any atom is 0.378 e. The van der Waals surface area contributed by atoms with Gasteiger partial charge in [0.1, 0.15) is 30.3 Å². The predicted molar refractivity (Wildman–Crippen MR) is 119 cm³/mol. The number of ether oxygens (including phenoxy) is 4. The molecule has 0 spiro atoms. The van der Waals surface area contributed by atoms with Gasteiger partial charge in [0, 0.05) is 0 Å². The van der Waals surface area contributed by atoms with Gasteiger partial charge in [-0.1, -0.05) is 24.3 Å². The number of hydrogen-bond donors (Lipinski definition) is 1. The van der Waals surface area contributed by atoms with Gasteiger partial charge in [0.25, 0.3) is 0 Å². The van der Waals surface area contributed by atoms with Crippen molar-refractivity contribution in [3.05, 3.63) is 82.9 Å². The second-order valence-electron chi connectivity index (χ2n) is 6.80. The number of rotatable bonds is 10. The van der Waals surface area contributed by atoms with E-state index in [9.17, 15) is 14.7 Å². The molecule has 0 aromatic heterocycles. The minimum absolute atomic E-state index is 0.0246. The van der Waals surface area contributed by atoms with Gasteiger partial charge in [0.15, 0.2) is 11.5 Å². The molecule has 0 aliphatic carbocycles. The predicted octanol–water partition coefficient (Wildman–Crippen LogP) is 3.80. The first kappa shape index (κ1) is 23.5. The fraction of sp³-hybridized carbons (Fsp3) is 0.167. The summed E-state index contributed by atoms with van der Waals surface area (Å²) in [5, 5.41) is 9.55. The minimum Gasteiger partial charge on any atom is -0.540 e. The summed E-state index contributed by atoms with van der Waals surface area (Å²) in [6, 6.07) is 16.9. The lowest BCUT2D eigenvalue weighted by molar-refractivity contribution is 0.0668. The lowest BCUT2D eigenvalue weighted by atomic mass is 10.1. The van der Waals surface area contributed by atoms with Crippen molar-refractivity contribution in [2.24, 2.45) is 0 Å². The molecular weight excluding hydrogens is 427 g/mol. The number of methoxy groups -OCH3 is 2. The molecule has 2 radical (unpaired) electrons. The molecule has 0 heterocycles. The lowest BCUT2D eigenvalue weighted by Crippen LogP contribution is -2.14. The topological polar surface area (TPSA) is 101 Å². The van der Waals surface area contributed by atoms with Crippen LogP contribution in [0.4, 0.5) is 0 Å². The first-order valence-electron chi connectivity index (χ1n) is 9.79. The van der Waals surface area contributed by atoms with E-state index in [4.69, 9.17) is 27.0 Å². The summed E-state index contributed by atoms with van der Waals surface area (Å²) >= 11 is 0. The van der Waals surface area contributed by atoms with Crippen molar-refractivity contribution in [1.82, 2.24) is 0 Å². The van der Waals surface area contributed by atoms with Gasteiger partial charge >= 0.3 is 20.0 Å². The normalized spacial score (nSPS) is 10.2. The van der Waals surface area contributed by atoms with E-state index in [2.05, 4.69) is 4.65 Å². The van der Waals surface area contributed by atoms with Crippen molar-refractivity contribution in [1.29, 1.82) is 0 Å². The maximum absolute atomic E-state index is 12.4. The highest BCUT2D eigenvalue weighted by Crippen LogP contribution is 2.36. The highest BCUT2D eigenvalue weighted by Gasteiger charge is 2.26. The van der Waals surface area contributed by atoms with Gasteiger partial charge in [-0.2, -0.15) is 0 Å². The summed E-state index contributed by atoms with van der Waals surface area (Å²) in [5.74, 6) is -0.971. The quantitative estimate of drug-likeness (QED) is 0.468. The maximum atomic E-state index is 12.4. The molecule has 0 unspecified atom stereocenters. The molecule has 0 fully saturated rings. The summed E-state index contributed by atoms with van der Waals surface area (Å²) in [4.78, 5) is 24.1. The zero-order valence-electron chi connectivity index (χ0n) is 18.1. The van der Waals surface area contributed by atoms with E-state index in [1.165, 1.54) is 12.1 Å². The first-order valence-corrected chi connectivity index (χ1v) is 9.79. The molecule has 0 saturated heterocycles. The van der Waals surface area contributed by atoms with Gasteiger partial charge < -0.3 is 28.7 Å². The van der Waals surface area contributed by atoms with Crippen molar-refractivity contribution < 1.29 is 38.3 Å². The third-order valence-electron chi connectivity index (χ3n) is 4.76. The van der Waals surface area contributed by atoms with Crippen LogP contribution in [-0.4, -0.2) is 39.3 Å². The largest absolute Gasteiger partial charge is 0.540 e. The van der Waals surface area contributed by atoms with Gasteiger partial charge in [-0.05, 0) is 47.5 Å². The third-order valence-corrected chi connectivity index (χ3v) is 4.76. The Morgan fingerprint density at radius 2 is 1.30 bits per heavy atom. The number of carboxylic acids is 1. The molecule has 3 aromatic carbocycles. The van der Waals surface area contributed by atoms with Crippen LogP contribution in [0.3, 0.4) is 0 Å². The van der Waals surface area contributed by atoms with E-state index < -0.39 is 11.9 Å². The van der Waals surface area contributed by atoms with Crippen molar-refractivity contribution in [3.63, 3.8) is 0 Å². The zero-order valence-corrected chi connectivity index (χ0v) is 18.1. The summed E-state index contributed by atoms with van der Waals surface area (Å²) in [6.45, 7) is 0.156. The molecule has 168 valence electrons. The monoisotopic (exact) mass is 448 g/mol. The second-order valence-corrected chi connectivity index (χ2v) is 6.80. The molecule has 3 rings (SSSR count). The van der Waals surface area contributed by atoms with Crippen LogP contribution >= 0.6 is 0 Å². The number of carbonyl (C=O) groups excluding carboxylic acids is 1. The molecule has 9 heteroatoms. The molecule has 0 aliphatic heterocycles. The second kappa shape index (κ2) is 10.9. The molecule has 0 saturated carbocycles. The van der Waals surface area contributed by atoms with Crippen LogP contribution < -0.4 is 18.9 Å². The molecule has 1 N–H and O–H groups in total. The van der Waals surface area contributed by atoms with Crippen LogP contribution in [0.2, 0.25) is 0 Å². The van der Waals surface area contributed by atoms with E-state index >= 15 is 0 Å². The van der Waals surface area contributed by atoms with Crippen LogP contribution in [-0.2, 0) is 17.9 Å². The highest BCUT2D eigenvalue weighted by atomic mass is 16.5. The summed E-state index contributed by atoms with van der Waals surface area (Å²) in [7, 11) is 8.18. The Bertz CT molecular complexity index is 1110. The first-order chi connectivity index (χ1) is 16.0. The smallest absolute Gasteiger partial charge is 0.378 e. The fourth-order valence-corrected chi connectivity index (χ4v) is 3.02. The van der Waals surface area contributed by atoms with Gasteiger partial charge in [-0.3, -0.25) is 0 Å². The molecule has 33 heavy (non-hydrogen) atoms. The summed E-state index contributed by atoms with van der Waals surface area (Å²) in [6.07, 6.45) is 0. The van der Waals surface area contributed by atoms with Crippen LogP contribution in [0.1, 0.15) is 31.8 Å². The molecule has 0 bridgehead atoms. The van der Waals surface area contributed by atoms with E-state index in [-0.39, 0.29) is 35.8 Å². The van der Waals surface area contributed by atoms with Crippen LogP contribution in [0, 0.1) is 0 Å². The lowest BCUT2D eigenvalue weighted by Gasteiger charge is -2.18. The molecule has 8 nitrogen and oxygen atoms in total. The zero-order chi connectivity index (χ0) is 23.8. The summed E-state index contributed by atoms with van der Waals surface area (Å²) < 4.78 is 26.3. The Balaban J connectivity index is 1.93. The third kappa shape index (κ3) is 5.76. The molecule has 0 amide bonds. The Hall–Kier alpha value is -4.14. The number of benzene rings is 3. The van der Waals surface area contributed by atoms with Crippen LogP contribution in [0.15, 0.2) is 60.7 Å². The molecule has 3 aromatic rings. The average molecular weight is 448 g/mol. The Kier molecular flexibility index (Phi) is 7.80. The molecular formula is C24H21BO8. The van der Waals surface area contributed by atoms with E-state index in [0.717, 1.165) is 11.1 Å². The van der Waals surface area contributed by atoms with Gasteiger partial charge in [-0.15, -0.1) is 0 Å². The number of carboxylic acid groups (broad SMARTS) is 1. The molecule has 0 atom stereocenters. The van der Waals surface area contributed by atoms with Gasteiger partial charge in [0.2, 0.25) is 0 Å². The minimum atomic E-state index is -1.34. The number of hydrogen-bond acceptors (Lipinski definition) is 7. The van der Waals surface area contributed by atoms with E-state index in [1.54, 1.807) is 50.6 Å². The van der Waals surface area contributed by atoms with Gasteiger partial charge in [0.05, 0.1) is 19.8 Å². The molecule has 0 aliphatic rings. The standard InChI is InChI=1S/C24H21BO8/c1-29-17-7-3-15(4-8-17)13-31-20-12-11-19(23(26)27)21(24(28)33-25)22(20)32-14-16-5-9-18(30-2)10-6-16/h3-12H,13-14H2,1-2H3,(H,26,27). The SMILES string of the molecule is [B]OC(=O)c1c(C(=O)O)ccc(OCc2ccc(OC)cc2)c1OCc1ccc(OC)cc1. The van der Waals surface area contributed by atoms with Crippen molar-refractivity contribution >= 4 is 20.0 Å². The highest BCUT2D eigenvalue weighted by molar-refractivity contribution is 6.13. The Morgan fingerprint density at radius 1 is 0.788 bits per heavy atom. The summed E-state index contributed by atoms with van der Waals surface area (Å²) in [5.41, 5.74) is 0.907. The van der Waals surface area contributed by atoms with Gasteiger partial charge in [-0.25, -0.2) is 9.59 Å². The van der Waals surface area contributed by atoms with Crippen molar-refractivity contribution in [3.8, 4) is 23.0 Å². The average Bonchev–Trinajstić information content (AvgIpc) is 2.85.